The van der Waals surface area contributed by atoms with Crippen molar-refractivity contribution in [2.75, 3.05) is 0 Å². The van der Waals surface area contributed by atoms with Gasteiger partial charge in [-0.2, -0.15) is 0 Å². The first-order valence-corrected chi connectivity index (χ1v) is 7.17. The van der Waals surface area contributed by atoms with E-state index < -0.39 is 0 Å². The summed E-state index contributed by atoms with van der Waals surface area (Å²) in [6, 6.07) is 8.76. The van der Waals surface area contributed by atoms with Crippen LogP contribution in [0.4, 0.5) is 0 Å². The van der Waals surface area contributed by atoms with Gasteiger partial charge in [-0.25, -0.2) is 0 Å². The van der Waals surface area contributed by atoms with Gasteiger partial charge in [-0.1, -0.05) is 31.9 Å². The van der Waals surface area contributed by atoms with Gasteiger partial charge in [0.25, 0.3) is 0 Å². The van der Waals surface area contributed by atoms with Crippen LogP contribution in [0, 0.1) is 5.92 Å². The molecule has 1 saturated carbocycles. The number of phenolic OH excluding ortho intramolecular Hbond substituents is 1. The molecule has 0 aromatic heterocycles. The summed E-state index contributed by atoms with van der Waals surface area (Å²) >= 11 is 0. The Morgan fingerprint density at radius 3 is 2.67 bits per heavy atom. The van der Waals surface area contributed by atoms with Gasteiger partial charge in [-0.3, -0.25) is 0 Å². The van der Waals surface area contributed by atoms with Crippen molar-refractivity contribution in [2.45, 2.75) is 58.0 Å². The molecule has 2 heteroatoms. The molecule has 2 nitrogen and oxygen atoms in total. The summed E-state index contributed by atoms with van der Waals surface area (Å²) < 4.78 is 0. The van der Waals surface area contributed by atoms with Crippen molar-refractivity contribution in [2.24, 2.45) is 5.92 Å². The fourth-order valence-corrected chi connectivity index (χ4v) is 3.03. The molecule has 1 aromatic rings. The zero-order valence-electron chi connectivity index (χ0n) is 11.5. The van der Waals surface area contributed by atoms with Gasteiger partial charge in [0, 0.05) is 12.1 Å². The van der Waals surface area contributed by atoms with E-state index in [4.69, 9.17) is 0 Å². The average Bonchev–Trinajstić information content (AvgIpc) is 2.32. The van der Waals surface area contributed by atoms with Crippen LogP contribution in [0.3, 0.4) is 0 Å². The molecule has 0 heterocycles. The third-order valence-electron chi connectivity index (χ3n) is 3.93. The van der Waals surface area contributed by atoms with Crippen LogP contribution >= 0.6 is 0 Å². The average molecular weight is 247 g/mol. The Morgan fingerprint density at radius 2 is 2.00 bits per heavy atom. The van der Waals surface area contributed by atoms with Crippen LogP contribution in [0.2, 0.25) is 0 Å². The molecule has 0 saturated heterocycles. The summed E-state index contributed by atoms with van der Waals surface area (Å²) in [6.45, 7) is 4.62. The lowest BCUT2D eigenvalue weighted by Crippen LogP contribution is -2.40. The Hall–Kier alpha value is -1.02. The van der Waals surface area contributed by atoms with Crippen LogP contribution in [0.15, 0.2) is 24.3 Å². The van der Waals surface area contributed by atoms with Crippen LogP contribution < -0.4 is 5.32 Å². The zero-order valence-corrected chi connectivity index (χ0v) is 11.5. The lowest BCUT2D eigenvalue weighted by Gasteiger charge is -2.30. The second-order valence-corrected chi connectivity index (χ2v) is 5.91. The van der Waals surface area contributed by atoms with E-state index in [2.05, 4.69) is 19.2 Å². The van der Waals surface area contributed by atoms with Crippen LogP contribution in [0.1, 0.15) is 45.1 Å². The van der Waals surface area contributed by atoms with Gasteiger partial charge in [-0.05, 0) is 49.8 Å². The predicted octanol–water partition coefficient (Wildman–Crippen LogP) is 3.49. The van der Waals surface area contributed by atoms with E-state index in [1.165, 1.54) is 31.2 Å². The van der Waals surface area contributed by atoms with Crippen LogP contribution in [-0.4, -0.2) is 17.2 Å². The Balaban J connectivity index is 1.81. The summed E-state index contributed by atoms with van der Waals surface area (Å²) in [6.07, 6.45) is 6.44. The summed E-state index contributed by atoms with van der Waals surface area (Å²) in [4.78, 5) is 0. The maximum Gasteiger partial charge on any atom is 0.115 e. The molecule has 1 fully saturated rings. The largest absolute Gasteiger partial charge is 0.508 e. The first-order valence-electron chi connectivity index (χ1n) is 7.17. The molecule has 0 radical (unpaired) electrons. The van der Waals surface area contributed by atoms with Gasteiger partial charge in [0.1, 0.15) is 5.75 Å². The quantitative estimate of drug-likeness (QED) is 0.853. The number of benzene rings is 1. The normalized spacial score (nSPS) is 25.9. The molecule has 3 unspecified atom stereocenters. The van der Waals surface area contributed by atoms with Gasteiger partial charge in [0.2, 0.25) is 0 Å². The second-order valence-electron chi connectivity index (χ2n) is 5.91. The van der Waals surface area contributed by atoms with Gasteiger partial charge in [0.05, 0.1) is 0 Å². The topological polar surface area (TPSA) is 32.3 Å². The summed E-state index contributed by atoms with van der Waals surface area (Å²) in [5.74, 6) is 1.22. The maximum absolute atomic E-state index is 9.27. The highest BCUT2D eigenvalue weighted by molar-refractivity contribution is 5.26. The smallest absolute Gasteiger partial charge is 0.115 e. The minimum atomic E-state index is 0.348. The minimum absolute atomic E-state index is 0.348. The molecule has 3 atom stereocenters. The standard InChI is InChI=1S/C16H25NO/c1-12-4-3-5-15(10-12)17-13(2)11-14-6-8-16(18)9-7-14/h6-9,12-13,15,17-18H,3-5,10-11H2,1-2H3. The van der Waals surface area contributed by atoms with E-state index in [1.54, 1.807) is 12.1 Å². The monoisotopic (exact) mass is 247 g/mol. The molecule has 1 aliphatic rings. The van der Waals surface area contributed by atoms with E-state index in [9.17, 15) is 5.11 Å². The van der Waals surface area contributed by atoms with Gasteiger partial charge in [0.15, 0.2) is 0 Å². The van der Waals surface area contributed by atoms with Crippen molar-refractivity contribution in [1.82, 2.24) is 5.32 Å². The minimum Gasteiger partial charge on any atom is -0.508 e. The SMILES string of the molecule is CC1CCCC(NC(C)Cc2ccc(O)cc2)C1. The Kier molecular flexibility index (Phi) is 4.65. The highest BCUT2D eigenvalue weighted by Gasteiger charge is 2.19. The van der Waals surface area contributed by atoms with Crippen molar-refractivity contribution < 1.29 is 5.11 Å². The van der Waals surface area contributed by atoms with Crippen molar-refractivity contribution in [3.05, 3.63) is 29.8 Å². The fourth-order valence-electron chi connectivity index (χ4n) is 3.03. The van der Waals surface area contributed by atoms with E-state index >= 15 is 0 Å². The van der Waals surface area contributed by atoms with Crippen molar-refractivity contribution in [3.8, 4) is 5.75 Å². The number of hydrogen-bond acceptors (Lipinski definition) is 2. The summed E-state index contributed by atoms with van der Waals surface area (Å²) in [5.41, 5.74) is 1.29. The van der Waals surface area contributed by atoms with Crippen molar-refractivity contribution in [3.63, 3.8) is 0 Å². The predicted molar refractivity (Wildman–Crippen MR) is 75.8 cm³/mol. The van der Waals surface area contributed by atoms with Gasteiger partial charge < -0.3 is 10.4 Å². The summed E-state index contributed by atoms with van der Waals surface area (Å²) in [7, 11) is 0. The Bertz CT molecular complexity index is 360. The third-order valence-corrected chi connectivity index (χ3v) is 3.93. The molecule has 1 aromatic carbocycles. The Labute approximate surface area is 110 Å². The lowest BCUT2D eigenvalue weighted by molar-refractivity contribution is 0.284. The van der Waals surface area contributed by atoms with Crippen molar-refractivity contribution >= 4 is 0 Å². The van der Waals surface area contributed by atoms with Crippen molar-refractivity contribution in [1.29, 1.82) is 0 Å². The number of aromatic hydroxyl groups is 1. The molecule has 100 valence electrons. The van der Waals surface area contributed by atoms with E-state index in [1.807, 2.05) is 12.1 Å². The highest BCUT2D eigenvalue weighted by Crippen LogP contribution is 2.24. The fraction of sp³-hybridized carbons (Fsp3) is 0.625. The number of phenols is 1. The molecule has 2 rings (SSSR count). The molecule has 1 aliphatic carbocycles. The third kappa shape index (κ3) is 4.02. The first-order chi connectivity index (χ1) is 8.63. The van der Waals surface area contributed by atoms with Crippen LogP contribution in [-0.2, 0) is 6.42 Å². The maximum atomic E-state index is 9.27. The van der Waals surface area contributed by atoms with Gasteiger partial charge >= 0.3 is 0 Å². The molecular weight excluding hydrogens is 222 g/mol. The molecule has 0 aliphatic heterocycles. The molecule has 0 spiro atoms. The highest BCUT2D eigenvalue weighted by atomic mass is 16.3. The lowest BCUT2D eigenvalue weighted by atomic mass is 9.86. The second kappa shape index (κ2) is 6.24. The molecule has 0 bridgehead atoms. The van der Waals surface area contributed by atoms with E-state index in [0.29, 0.717) is 17.8 Å². The number of hydrogen-bond donors (Lipinski definition) is 2. The molecule has 0 amide bonds. The number of nitrogens with one attached hydrogen (secondary N) is 1. The molecule has 2 N–H and O–H groups in total. The molecular formula is C16H25NO. The van der Waals surface area contributed by atoms with E-state index in [0.717, 1.165) is 12.3 Å². The van der Waals surface area contributed by atoms with E-state index in [-0.39, 0.29) is 0 Å². The van der Waals surface area contributed by atoms with Crippen LogP contribution in [0.25, 0.3) is 0 Å². The van der Waals surface area contributed by atoms with Crippen LogP contribution in [0.5, 0.6) is 5.75 Å². The Morgan fingerprint density at radius 1 is 1.28 bits per heavy atom. The summed E-state index contributed by atoms with van der Waals surface area (Å²) in [5, 5.41) is 13.0. The van der Waals surface area contributed by atoms with Gasteiger partial charge in [-0.15, -0.1) is 0 Å². The molecule has 18 heavy (non-hydrogen) atoms. The zero-order chi connectivity index (χ0) is 13.0. The first kappa shape index (κ1) is 13.4. The number of rotatable bonds is 4.